The lowest BCUT2D eigenvalue weighted by Crippen LogP contribution is -2.49. The van der Waals surface area contributed by atoms with Gasteiger partial charge >= 0.3 is 0 Å². The quantitative estimate of drug-likeness (QED) is 0.695. The van der Waals surface area contributed by atoms with E-state index >= 15 is 0 Å². The Bertz CT molecular complexity index is 475. The lowest BCUT2D eigenvalue weighted by Gasteiger charge is -2.36. The number of nitrogens with one attached hydrogen (secondary N) is 1. The van der Waals surface area contributed by atoms with Crippen LogP contribution in [0, 0.1) is 5.92 Å². The Morgan fingerprint density at radius 1 is 1.23 bits per heavy atom. The Balaban J connectivity index is 1.52. The summed E-state index contributed by atoms with van der Waals surface area (Å²) in [7, 11) is 0. The molecule has 0 aliphatic carbocycles. The van der Waals surface area contributed by atoms with Gasteiger partial charge in [0.25, 0.3) is 0 Å². The second kappa shape index (κ2) is 9.67. The van der Waals surface area contributed by atoms with E-state index in [9.17, 15) is 9.59 Å². The summed E-state index contributed by atoms with van der Waals surface area (Å²) in [5.74, 6) is 0.174. The van der Waals surface area contributed by atoms with Gasteiger partial charge in [-0.25, -0.2) is 0 Å². The maximum Gasteiger partial charge on any atom is 0.228 e. The monoisotopic (exact) mass is 366 g/mol. The zero-order chi connectivity index (χ0) is 18.4. The standard InChI is InChI=1S/C19H34N4O3/c1-2-7-23(17-3-5-20-6-4-17)19(25)16-14-18(24)22(15-16)9-8-21-10-12-26-13-11-21/h16-17,20H,2-15H2,1H3. The van der Waals surface area contributed by atoms with E-state index in [0.717, 1.165) is 78.3 Å². The van der Waals surface area contributed by atoms with Gasteiger partial charge in [0.1, 0.15) is 0 Å². The fourth-order valence-corrected chi connectivity index (χ4v) is 4.31. The fourth-order valence-electron chi connectivity index (χ4n) is 4.31. The molecule has 1 N–H and O–H groups in total. The average Bonchev–Trinajstić information content (AvgIpc) is 3.06. The van der Waals surface area contributed by atoms with Crippen molar-refractivity contribution in [3.05, 3.63) is 0 Å². The molecule has 3 heterocycles. The van der Waals surface area contributed by atoms with Gasteiger partial charge in [-0.1, -0.05) is 6.92 Å². The summed E-state index contributed by atoms with van der Waals surface area (Å²) in [6.07, 6.45) is 3.39. The third-order valence-corrected chi connectivity index (χ3v) is 5.85. The van der Waals surface area contributed by atoms with Crippen molar-refractivity contribution in [1.82, 2.24) is 20.0 Å². The summed E-state index contributed by atoms with van der Waals surface area (Å²) >= 11 is 0. The fraction of sp³-hybridized carbons (Fsp3) is 0.895. The molecule has 3 aliphatic heterocycles. The number of morpholine rings is 1. The highest BCUT2D eigenvalue weighted by Gasteiger charge is 2.38. The minimum absolute atomic E-state index is 0.137. The van der Waals surface area contributed by atoms with E-state index in [1.807, 2.05) is 4.90 Å². The van der Waals surface area contributed by atoms with E-state index in [2.05, 4.69) is 22.0 Å². The number of carbonyl (C=O) groups is 2. The summed E-state index contributed by atoms with van der Waals surface area (Å²) in [5, 5.41) is 3.37. The van der Waals surface area contributed by atoms with Crippen molar-refractivity contribution in [2.45, 2.75) is 38.6 Å². The number of amides is 2. The summed E-state index contributed by atoms with van der Waals surface area (Å²) in [6.45, 7) is 10.5. The predicted octanol–water partition coefficient (Wildman–Crippen LogP) is 0.158. The smallest absolute Gasteiger partial charge is 0.228 e. The molecule has 0 aromatic rings. The van der Waals surface area contributed by atoms with Crippen molar-refractivity contribution in [2.24, 2.45) is 5.92 Å². The first-order chi connectivity index (χ1) is 12.7. The van der Waals surface area contributed by atoms with Crippen LogP contribution in [-0.2, 0) is 14.3 Å². The highest BCUT2D eigenvalue weighted by atomic mass is 16.5. The maximum absolute atomic E-state index is 13.1. The lowest BCUT2D eigenvalue weighted by atomic mass is 10.0. The van der Waals surface area contributed by atoms with Gasteiger partial charge in [-0.3, -0.25) is 14.5 Å². The van der Waals surface area contributed by atoms with Crippen LogP contribution in [0.2, 0.25) is 0 Å². The van der Waals surface area contributed by atoms with Gasteiger partial charge < -0.3 is 19.9 Å². The second-order valence-electron chi connectivity index (χ2n) is 7.71. The SMILES string of the molecule is CCCN(C(=O)C1CC(=O)N(CCN2CCOCC2)C1)C1CCNCC1. The van der Waals surface area contributed by atoms with Crippen LogP contribution in [0.1, 0.15) is 32.6 Å². The molecule has 148 valence electrons. The molecule has 0 saturated carbocycles. The van der Waals surface area contributed by atoms with Crippen LogP contribution < -0.4 is 5.32 Å². The minimum atomic E-state index is -0.159. The Morgan fingerprint density at radius 2 is 1.96 bits per heavy atom. The van der Waals surface area contributed by atoms with Crippen LogP contribution in [0.5, 0.6) is 0 Å². The Kier molecular flexibility index (Phi) is 7.28. The van der Waals surface area contributed by atoms with Crippen molar-refractivity contribution < 1.29 is 14.3 Å². The second-order valence-corrected chi connectivity index (χ2v) is 7.71. The summed E-state index contributed by atoms with van der Waals surface area (Å²) < 4.78 is 5.37. The van der Waals surface area contributed by atoms with Gasteiger partial charge in [-0.15, -0.1) is 0 Å². The van der Waals surface area contributed by atoms with Gasteiger partial charge in [-0.05, 0) is 32.4 Å². The highest BCUT2D eigenvalue weighted by molar-refractivity contribution is 5.89. The van der Waals surface area contributed by atoms with Gasteiger partial charge in [0.15, 0.2) is 0 Å². The van der Waals surface area contributed by atoms with Crippen LogP contribution in [0.15, 0.2) is 0 Å². The zero-order valence-corrected chi connectivity index (χ0v) is 16.1. The number of likely N-dealkylation sites (tertiary alicyclic amines) is 1. The number of hydrogen-bond acceptors (Lipinski definition) is 5. The van der Waals surface area contributed by atoms with Crippen molar-refractivity contribution in [1.29, 1.82) is 0 Å². The largest absolute Gasteiger partial charge is 0.379 e. The number of carbonyl (C=O) groups excluding carboxylic acids is 2. The number of ether oxygens (including phenoxy) is 1. The minimum Gasteiger partial charge on any atom is -0.379 e. The lowest BCUT2D eigenvalue weighted by molar-refractivity contribution is -0.138. The number of piperidine rings is 1. The van der Waals surface area contributed by atoms with Crippen LogP contribution >= 0.6 is 0 Å². The molecule has 3 rings (SSSR count). The average molecular weight is 367 g/mol. The third kappa shape index (κ3) is 4.96. The van der Waals surface area contributed by atoms with E-state index in [4.69, 9.17) is 4.74 Å². The molecule has 1 atom stereocenters. The number of nitrogens with zero attached hydrogens (tertiary/aromatic N) is 3. The van der Waals surface area contributed by atoms with E-state index in [1.54, 1.807) is 0 Å². The molecule has 3 fully saturated rings. The van der Waals surface area contributed by atoms with E-state index in [-0.39, 0.29) is 17.7 Å². The molecular formula is C19H34N4O3. The molecule has 1 unspecified atom stereocenters. The van der Waals surface area contributed by atoms with Gasteiger partial charge in [-0.2, -0.15) is 0 Å². The first-order valence-electron chi connectivity index (χ1n) is 10.3. The van der Waals surface area contributed by atoms with Crippen molar-refractivity contribution in [3.8, 4) is 0 Å². The predicted molar refractivity (Wildman–Crippen MR) is 99.8 cm³/mol. The Labute approximate surface area is 157 Å². The number of hydrogen-bond donors (Lipinski definition) is 1. The molecule has 26 heavy (non-hydrogen) atoms. The molecule has 3 saturated heterocycles. The molecule has 0 spiro atoms. The number of rotatable bonds is 7. The van der Waals surface area contributed by atoms with Crippen LogP contribution in [-0.4, -0.2) is 98.1 Å². The van der Waals surface area contributed by atoms with Crippen LogP contribution in [0.4, 0.5) is 0 Å². The highest BCUT2D eigenvalue weighted by Crippen LogP contribution is 2.23. The van der Waals surface area contributed by atoms with Gasteiger partial charge in [0, 0.05) is 51.7 Å². The molecule has 0 aromatic heterocycles. The topological polar surface area (TPSA) is 65.1 Å². The molecule has 7 nitrogen and oxygen atoms in total. The molecular weight excluding hydrogens is 332 g/mol. The molecule has 7 heteroatoms. The molecule has 0 aromatic carbocycles. The van der Waals surface area contributed by atoms with Crippen molar-refractivity contribution in [2.75, 3.05) is 65.6 Å². The van der Waals surface area contributed by atoms with E-state index in [1.165, 1.54) is 0 Å². The van der Waals surface area contributed by atoms with Crippen LogP contribution in [0.3, 0.4) is 0 Å². The Morgan fingerprint density at radius 3 is 2.65 bits per heavy atom. The van der Waals surface area contributed by atoms with Crippen molar-refractivity contribution in [3.63, 3.8) is 0 Å². The van der Waals surface area contributed by atoms with Gasteiger partial charge in [0.2, 0.25) is 11.8 Å². The normalized spacial score (nSPS) is 25.7. The third-order valence-electron chi connectivity index (χ3n) is 5.85. The van der Waals surface area contributed by atoms with Crippen molar-refractivity contribution >= 4 is 11.8 Å². The zero-order valence-electron chi connectivity index (χ0n) is 16.1. The molecule has 3 aliphatic rings. The van der Waals surface area contributed by atoms with E-state index < -0.39 is 0 Å². The summed E-state index contributed by atoms with van der Waals surface area (Å²) in [6, 6.07) is 0.334. The molecule has 2 amide bonds. The molecule has 0 radical (unpaired) electrons. The molecule has 0 bridgehead atoms. The van der Waals surface area contributed by atoms with Crippen LogP contribution in [0.25, 0.3) is 0 Å². The van der Waals surface area contributed by atoms with E-state index in [0.29, 0.717) is 19.0 Å². The summed E-state index contributed by atoms with van der Waals surface area (Å²) in [4.78, 5) is 31.9. The first-order valence-corrected chi connectivity index (χ1v) is 10.3. The maximum atomic E-state index is 13.1. The van der Waals surface area contributed by atoms with Gasteiger partial charge in [0.05, 0.1) is 19.1 Å². The Hall–Kier alpha value is -1.18. The summed E-state index contributed by atoms with van der Waals surface area (Å²) in [5.41, 5.74) is 0. The first kappa shape index (κ1) is 19.6.